The van der Waals surface area contributed by atoms with Crippen LogP contribution in [-0.4, -0.2) is 6.54 Å². The molecule has 13 heavy (non-hydrogen) atoms. The van der Waals surface area contributed by atoms with Gasteiger partial charge in [0.25, 0.3) is 0 Å². The van der Waals surface area contributed by atoms with Gasteiger partial charge in [-0.1, -0.05) is 30.7 Å². The molecule has 1 rings (SSSR count). The van der Waals surface area contributed by atoms with Gasteiger partial charge in [0.2, 0.25) is 0 Å². The Hall–Kier alpha value is -0.310. The van der Waals surface area contributed by atoms with Crippen LogP contribution in [0.1, 0.15) is 24.3 Å². The van der Waals surface area contributed by atoms with Gasteiger partial charge in [0.15, 0.2) is 0 Å². The van der Waals surface area contributed by atoms with Crippen LogP contribution in [0.25, 0.3) is 0 Å². The van der Waals surface area contributed by atoms with E-state index in [1.165, 1.54) is 4.88 Å². The maximum atomic E-state index is 5.44. The average molecular weight is 216 g/mol. The highest BCUT2D eigenvalue weighted by Gasteiger charge is 2.07. The minimum atomic E-state index is 0.466. The monoisotopic (exact) mass is 215 g/mol. The summed E-state index contributed by atoms with van der Waals surface area (Å²) in [6, 6.07) is 4.71. The molecule has 1 aromatic rings. The molecule has 1 nitrogen and oxygen atoms in total. The van der Waals surface area contributed by atoms with Gasteiger partial charge in [-0.2, -0.15) is 0 Å². The molecular weight excluding hydrogens is 202 g/mol. The Labute approximate surface area is 88.4 Å². The third-order valence-electron chi connectivity index (χ3n) is 1.87. The van der Waals surface area contributed by atoms with E-state index >= 15 is 0 Å². The molecule has 1 aromatic heterocycles. The minimum absolute atomic E-state index is 0.466. The molecule has 0 amide bonds. The number of thiophene rings is 1. The van der Waals surface area contributed by atoms with Crippen molar-refractivity contribution in [1.29, 1.82) is 0 Å². The van der Waals surface area contributed by atoms with E-state index in [1.807, 2.05) is 6.08 Å². The molecule has 0 aliphatic rings. The number of rotatable bonds is 5. The van der Waals surface area contributed by atoms with Gasteiger partial charge in [-0.15, -0.1) is 11.3 Å². The van der Waals surface area contributed by atoms with E-state index < -0.39 is 0 Å². The van der Waals surface area contributed by atoms with Crippen molar-refractivity contribution >= 4 is 22.9 Å². The summed E-state index contributed by atoms with van der Waals surface area (Å²) in [6.45, 7) is 3.02. The highest BCUT2D eigenvalue weighted by molar-refractivity contribution is 7.10. The Morgan fingerprint density at radius 1 is 1.69 bits per heavy atom. The zero-order chi connectivity index (χ0) is 9.52. The van der Waals surface area contributed by atoms with Gasteiger partial charge in [0.05, 0.1) is 0 Å². The van der Waals surface area contributed by atoms with Crippen molar-refractivity contribution in [2.24, 2.45) is 0 Å². The van der Waals surface area contributed by atoms with Crippen LogP contribution >= 0.6 is 22.9 Å². The van der Waals surface area contributed by atoms with Crippen molar-refractivity contribution in [3.05, 3.63) is 34.0 Å². The number of hydrogen-bond donors (Lipinski definition) is 1. The predicted octanol–water partition coefficient (Wildman–Crippen LogP) is 3.54. The van der Waals surface area contributed by atoms with E-state index in [0.717, 1.165) is 13.0 Å². The largest absolute Gasteiger partial charge is 0.306 e. The first-order valence-corrected chi connectivity index (χ1v) is 5.72. The summed E-state index contributed by atoms with van der Waals surface area (Å²) in [7, 11) is 0. The number of hydrogen-bond acceptors (Lipinski definition) is 2. The lowest BCUT2D eigenvalue weighted by atomic mass is 10.2. The molecule has 1 N–H and O–H groups in total. The molecule has 1 atom stereocenters. The van der Waals surface area contributed by atoms with E-state index in [2.05, 4.69) is 29.8 Å². The molecule has 1 heterocycles. The maximum Gasteiger partial charge on any atom is 0.0414 e. The first-order valence-electron chi connectivity index (χ1n) is 4.40. The predicted molar refractivity (Wildman–Crippen MR) is 60.3 cm³/mol. The Morgan fingerprint density at radius 2 is 2.54 bits per heavy atom. The highest BCUT2D eigenvalue weighted by Crippen LogP contribution is 2.21. The van der Waals surface area contributed by atoms with Crippen molar-refractivity contribution in [1.82, 2.24) is 5.32 Å². The summed E-state index contributed by atoms with van der Waals surface area (Å²) < 4.78 is 0. The second-order valence-corrected chi connectivity index (χ2v) is 3.98. The molecule has 0 aliphatic heterocycles. The average Bonchev–Trinajstić information content (AvgIpc) is 2.65. The molecule has 0 fully saturated rings. The van der Waals surface area contributed by atoms with E-state index in [0.29, 0.717) is 6.04 Å². The topological polar surface area (TPSA) is 12.0 Å². The Bertz CT molecular complexity index is 243. The summed E-state index contributed by atoms with van der Waals surface area (Å²) in [5.41, 5.74) is 1.55. The first-order chi connectivity index (χ1) is 6.38. The van der Waals surface area contributed by atoms with Crippen molar-refractivity contribution in [3.8, 4) is 0 Å². The lowest BCUT2D eigenvalue weighted by molar-refractivity contribution is 0.560. The van der Waals surface area contributed by atoms with Gasteiger partial charge < -0.3 is 5.32 Å². The maximum absolute atomic E-state index is 5.44. The Kier molecular flexibility index (Phi) is 5.13. The van der Waals surface area contributed by atoms with Crippen LogP contribution in [0, 0.1) is 0 Å². The van der Waals surface area contributed by atoms with Crippen molar-refractivity contribution < 1.29 is 0 Å². The molecular formula is C10H14ClNS. The minimum Gasteiger partial charge on any atom is -0.306 e. The fourth-order valence-corrected chi connectivity index (χ4v) is 2.17. The van der Waals surface area contributed by atoms with E-state index in [-0.39, 0.29) is 0 Å². The summed E-state index contributed by atoms with van der Waals surface area (Å²) >= 11 is 7.23. The Balaban J connectivity index is 2.44. The van der Waals surface area contributed by atoms with Gasteiger partial charge >= 0.3 is 0 Å². The van der Waals surface area contributed by atoms with Crippen molar-refractivity contribution in [2.45, 2.75) is 19.4 Å². The molecule has 0 spiro atoms. The van der Waals surface area contributed by atoms with Crippen LogP contribution < -0.4 is 5.32 Å². The highest BCUT2D eigenvalue weighted by atomic mass is 35.5. The van der Waals surface area contributed by atoms with Crippen molar-refractivity contribution in [3.63, 3.8) is 0 Å². The van der Waals surface area contributed by atoms with Crippen molar-refractivity contribution in [2.75, 3.05) is 6.54 Å². The fourth-order valence-electron chi connectivity index (χ4n) is 1.19. The molecule has 0 bridgehead atoms. The van der Waals surface area contributed by atoms with E-state index in [4.69, 9.17) is 11.6 Å². The smallest absolute Gasteiger partial charge is 0.0414 e. The standard InChI is InChI=1S/C10H14ClNS/c1-2-9(12-7-4-6-11)10-5-3-8-13-10/h3-6,8-9,12H,2,7H2,1H3/b6-4+. The fraction of sp³-hybridized carbons (Fsp3) is 0.400. The van der Waals surface area contributed by atoms with Gasteiger partial charge in [0.1, 0.15) is 0 Å². The molecule has 0 radical (unpaired) electrons. The van der Waals surface area contributed by atoms with Crippen LogP contribution in [0.4, 0.5) is 0 Å². The van der Waals surface area contributed by atoms with Gasteiger partial charge in [-0.25, -0.2) is 0 Å². The molecule has 72 valence electrons. The van der Waals surface area contributed by atoms with Crippen LogP contribution in [0.3, 0.4) is 0 Å². The third-order valence-corrected chi connectivity index (χ3v) is 3.03. The molecule has 0 saturated heterocycles. The first kappa shape index (κ1) is 10.8. The Morgan fingerprint density at radius 3 is 3.08 bits per heavy atom. The second-order valence-electron chi connectivity index (χ2n) is 2.75. The summed E-state index contributed by atoms with van der Waals surface area (Å²) in [5.74, 6) is 0. The molecule has 3 heteroatoms. The van der Waals surface area contributed by atoms with E-state index in [9.17, 15) is 0 Å². The van der Waals surface area contributed by atoms with Gasteiger partial charge in [0, 0.05) is 23.0 Å². The summed E-state index contributed by atoms with van der Waals surface area (Å²) in [4.78, 5) is 1.39. The molecule has 1 unspecified atom stereocenters. The zero-order valence-electron chi connectivity index (χ0n) is 7.66. The quantitative estimate of drug-likeness (QED) is 0.793. The molecule has 0 saturated carbocycles. The van der Waals surface area contributed by atoms with E-state index in [1.54, 1.807) is 16.9 Å². The number of halogens is 1. The SMILES string of the molecule is CCC(NC/C=C/Cl)c1cccs1. The third kappa shape index (κ3) is 3.51. The lowest BCUT2D eigenvalue weighted by Gasteiger charge is -2.13. The summed E-state index contributed by atoms with van der Waals surface area (Å²) in [5, 5.41) is 5.52. The second kappa shape index (κ2) is 6.19. The van der Waals surface area contributed by atoms with Crippen LogP contribution in [0.15, 0.2) is 29.1 Å². The van der Waals surface area contributed by atoms with Gasteiger partial charge in [-0.3, -0.25) is 0 Å². The van der Waals surface area contributed by atoms with Crippen LogP contribution in [-0.2, 0) is 0 Å². The van der Waals surface area contributed by atoms with Crippen LogP contribution in [0.5, 0.6) is 0 Å². The molecule has 0 aliphatic carbocycles. The van der Waals surface area contributed by atoms with Crippen LogP contribution in [0.2, 0.25) is 0 Å². The number of nitrogens with one attached hydrogen (secondary N) is 1. The molecule has 0 aromatic carbocycles. The summed E-state index contributed by atoms with van der Waals surface area (Å²) in [6.07, 6.45) is 3.02. The van der Waals surface area contributed by atoms with Gasteiger partial charge in [-0.05, 0) is 17.9 Å². The lowest BCUT2D eigenvalue weighted by Crippen LogP contribution is -2.19. The normalized spacial score (nSPS) is 13.7. The zero-order valence-corrected chi connectivity index (χ0v) is 9.24.